The topological polar surface area (TPSA) is 118 Å². The van der Waals surface area contributed by atoms with Gasteiger partial charge < -0.3 is 0 Å². The quantitative estimate of drug-likeness (QED) is 0.315. The van der Waals surface area contributed by atoms with Crippen LogP contribution < -0.4 is 0 Å². The van der Waals surface area contributed by atoms with E-state index in [2.05, 4.69) is 20.0 Å². The predicted octanol–water partition coefficient (Wildman–Crippen LogP) is 5.55. The highest BCUT2D eigenvalue weighted by molar-refractivity contribution is 5.34. The van der Waals surface area contributed by atoms with Crippen LogP contribution in [-0.2, 0) is 19.2 Å². The predicted molar refractivity (Wildman–Crippen MR) is 138 cm³/mol. The summed E-state index contributed by atoms with van der Waals surface area (Å²) < 4.78 is 0. The molecule has 200 valence electrons. The van der Waals surface area contributed by atoms with Gasteiger partial charge in [0.25, 0.3) is 0 Å². The minimum Gasteiger partial charge on any atom is -0.211 e. The van der Waals surface area contributed by atoms with Crippen molar-refractivity contribution in [2.45, 2.75) is 127 Å². The lowest BCUT2D eigenvalue weighted by atomic mass is 9.45. The zero-order chi connectivity index (χ0) is 26.1. The number of hydrogen-bond donors (Lipinski definition) is 0. The van der Waals surface area contributed by atoms with Crippen LogP contribution in [0.15, 0.2) is 20.0 Å². The Labute approximate surface area is 219 Å². The highest BCUT2D eigenvalue weighted by Gasteiger charge is 2.56. The first kappa shape index (κ1) is 27.6. The van der Waals surface area contributed by atoms with E-state index in [4.69, 9.17) is 0 Å². The Morgan fingerprint density at radius 3 is 0.703 bits per heavy atom. The number of isocyanates is 4. The molecular formula is C29H40N4O4. The van der Waals surface area contributed by atoms with Gasteiger partial charge in [0.2, 0.25) is 24.3 Å². The van der Waals surface area contributed by atoms with E-state index >= 15 is 0 Å². The van der Waals surface area contributed by atoms with Gasteiger partial charge in [-0.3, -0.25) is 0 Å². The highest BCUT2D eigenvalue weighted by atomic mass is 16.1. The SMILES string of the molecule is O=C=NC1CCC(C(C2CCC(N=C=O)CC2)(C2CCC(N=C=O)CC2)C2CCC(N=C=O)CC2)CC1. The van der Waals surface area contributed by atoms with Gasteiger partial charge in [-0.25, -0.2) is 39.1 Å². The summed E-state index contributed by atoms with van der Waals surface area (Å²) in [6.45, 7) is 0. The van der Waals surface area contributed by atoms with Gasteiger partial charge in [0, 0.05) is 0 Å². The zero-order valence-corrected chi connectivity index (χ0v) is 21.9. The molecule has 4 aliphatic carbocycles. The third-order valence-electron chi connectivity index (χ3n) is 10.6. The molecule has 37 heavy (non-hydrogen) atoms. The number of hydrogen-bond acceptors (Lipinski definition) is 8. The van der Waals surface area contributed by atoms with Gasteiger partial charge in [-0.2, -0.15) is 0 Å². The molecule has 8 nitrogen and oxygen atoms in total. The van der Waals surface area contributed by atoms with Crippen molar-refractivity contribution in [2.24, 2.45) is 49.1 Å². The molecule has 0 aliphatic heterocycles. The molecule has 0 unspecified atom stereocenters. The fraction of sp³-hybridized carbons (Fsp3) is 0.862. The van der Waals surface area contributed by atoms with E-state index in [1.165, 1.54) is 0 Å². The molecule has 0 saturated heterocycles. The Bertz CT molecular complexity index is 785. The lowest BCUT2D eigenvalue weighted by Gasteiger charge is -2.60. The minimum atomic E-state index is 0.0828. The molecule has 4 saturated carbocycles. The van der Waals surface area contributed by atoms with Crippen LogP contribution in [0, 0.1) is 29.1 Å². The summed E-state index contributed by atoms with van der Waals surface area (Å²) in [5, 5.41) is 0. The van der Waals surface area contributed by atoms with Crippen molar-refractivity contribution < 1.29 is 19.2 Å². The number of aliphatic imine (C=N–C) groups is 4. The average Bonchev–Trinajstić information content (AvgIpc) is 2.93. The van der Waals surface area contributed by atoms with E-state index < -0.39 is 0 Å². The van der Waals surface area contributed by atoms with Crippen molar-refractivity contribution >= 4 is 24.3 Å². The fourth-order valence-electron chi connectivity index (χ4n) is 9.12. The molecule has 0 spiro atoms. The molecule has 4 fully saturated rings. The van der Waals surface area contributed by atoms with Gasteiger partial charge in [-0.15, -0.1) is 0 Å². The second-order valence-electron chi connectivity index (χ2n) is 11.9. The van der Waals surface area contributed by atoms with Crippen LogP contribution in [0.5, 0.6) is 0 Å². The molecule has 0 aromatic rings. The standard InChI is InChI=1S/C29H40N4O4/c34-17-30-25-9-1-21(2-10-25)29(22-3-11-26(12-4-22)31-18-35,23-5-13-27(14-6-23)32-19-36)24-7-15-28(16-8-24)33-20-37/h21-28H,1-16H2. The summed E-state index contributed by atoms with van der Waals surface area (Å²) in [6, 6.07) is 0.331. The molecule has 8 heteroatoms. The maximum absolute atomic E-state index is 10.9. The third-order valence-corrected chi connectivity index (χ3v) is 10.6. The van der Waals surface area contributed by atoms with Gasteiger partial charge in [-0.05, 0) is 132 Å². The molecule has 0 aromatic carbocycles. The van der Waals surface area contributed by atoms with Crippen molar-refractivity contribution in [1.29, 1.82) is 0 Å². The molecule has 0 amide bonds. The molecular weight excluding hydrogens is 468 g/mol. The first-order chi connectivity index (χ1) is 18.1. The highest BCUT2D eigenvalue weighted by Crippen LogP contribution is 2.63. The Balaban J connectivity index is 1.68. The summed E-state index contributed by atoms with van der Waals surface area (Å²) >= 11 is 0. The summed E-state index contributed by atoms with van der Waals surface area (Å²) in [6.07, 6.45) is 23.1. The van der Waals surface area contributed by atoms with E-state index in [9.17, 15) is 19.2 Å². The van der Waals surface area contributed by atoms with E-state index in [1.54, 1.807) is 24.3 Å². The number of nitrogens with zero attached hydrogens (tertiary/aromatic N) is 4. The second-order valence-corrected chi connectivity index (χ2v) is 11.9. The molecule has 0 heterocycles. The summed E-state index contributed by atoms with van der Waals surface area (Å²) in [5.41, 5.74) is 0.150. The van der Waals surface area contributed by atoms with Gasteiger partial charge in [0.15, 0.2) is 0 Å². The molecule has 0 atom stereocenters. The fourth-order valence-corrected chi connectivity index (χ4v) is 9.12. The van der Waals surface area contributed by atoms with Crippen molar-refractivity contribution in [1.82, 2.24) is 0 Å². The van der Waals surface area contributed by atoms with E-state index in [1.807, 2.05) is 0 Å². The van der Waals surface area contributed by atoms with Crippen LogP contribution in [0.4, 0.5) is 0 Å². The lowest BCUT2D eigenvalue weighted by Crippen LogP contribution is -2.54. The summed E-state index contributed by atoms with van der Waals surface area (Å²) in [5.74, 6) is 2.20. The van der Waals surface area contributed by atoms with Crippen LogP contribution in [0.2, 0.25) is 0 Å². The van der Waals surface area contributed by atoms with Crippen molar-refractivity contribution in [3.8, 4) is 0 Å². The van der Waals surface area contributed by atoms with E-state index in [-0.39, 0.29) is 29.6 Å². The second kappa shape index (κ2) is 13.4. The smallest absolute Gasteiger partial charge is 0.211 e. The maximum Gasteiger partial charge on any atom is 0.235 e. The van der Waals surface area contributed by atoms with Crippen molar-refractivity contribution in [3.05, 3.63) is 0 Å². The molecule has 4 rings (SSSR count). The molecule has 0 radical (unpaired) electrons. The van der Waals surface area contributed by atoms with Crippen LogP contribution in [0.3, 0.4) is 0 Å². The van der Waals surface area contributed by atoms with Gasteiger partial charge >= 0.3 is 0 Å². The summed E-state index contributed by atoms with van der Waals surface area (Å²) in [4.78, 5) is 60.1. The van der Waals surface area contributed by atoms with Crippen LogP contribution in [-0.4, -0.2) is 48.5 Å². The van der Waals surface area contributed by atoms with Gasteiger partial charge in [0.1, 0.15) is 0 Å². The number of rotatable bonds is 8. The van der Waals surface area contributed by atoms with Crippen molar-refractivity contribution in [3.63, 3.8) is 0 Å². The average molecular weight is 509 g/mol. The van der Waals surface area contributed by atoms with E-state index in [0.29, 0.717) is 23.7 Å². The minimum absolute atomic E-state index is 0.0828. The Morgan fingerprint density at radius 2 is 0.541 bits per heavy atom. The monoisotopic (exact) mass is 508 g/mol. The first-order valence-corrected chi connectivity index (χ1v) is 14.4. The largest absolute Gasteiger partial charge is 0.235 e. The molecule has 0 bridgehead atoms. The lowest BCUT2D eigenvalue weighted by molar-refractivity contribution is -0.110. The maximum atomic E-state index is 10.9. The Hall–Kier alpha value is -2.48. The molecule has 0 N–H and O–H groups in total. The van der Waals surface area contributed by atoms with Crippen LogP contribution in [0.25, 0.3) is 0 Å². The Kier molecular flexibility index (Phi) is 9.95. The first-order valence-electron chi connectivity index (χ1n) is 14.4. The normalized spacial score (nSPS) is 37.8. The van der Waals surface area contributed by atoms with Crippen LogP contribution >= 0.6 is 0 Å². The third kappa shape index (κ3) is 6.16. The van der Waals surface area contributed by atoms with Crippen LogP contribution in [0.1, 0.15) is 103 Å². The Morgan fingerprint density at radius 1 is 0.351 bits per heavy atom. The van der Waals surface area contributed by atoms with E-state index in [0.717, 1.165) is 103 Å². The zero-order valence-electron chi connectivity index (χ0n) is 21.9. The number of carbonyl (C=O) groups excluding carboxylic acids is 4. The van der Waals surface area contributed by atoms with Crippen molar-refractivity contribution in [2.75, 3.05) is 0 Å². The van der Waals surface area contributed by atoms with Gasteiger partial charge in [0.05, 0.1) is 24.2 Å². The molecule has 0 aromatic heterocycles. The summed E-state index contributed by atoms with van der Waals surface area (Å²) in [7, 11) is 0. The van der Waals surface area contributed by atoms with Gasteiger partial charge in [-0.1, -0.05) is 0 Å². The molecule has 4 aliphatic rings.